The van der Waals surface area contributed by atoms with E-state index < -0.39 is 0 Å². The van der Waals surface area contributed by atoms with E-state index in [0.717, 1.165) is 53.3 Å². The average Bonchev–Trinajstić information content (AvgIpc) is 3.64. The Morgan fingerprint density at radius 2 is 1.78 bits per heavy atom. The van der Waals surface area contributed by atoms with Crippen LogP contribution in [-0.2, 0) is 13.0 Å². The molecular formula is C31H38N6. The van der Waals surface area contributed by atoms with E-state index in [1.165, 1.54) is 74.7 Å². The first-order valence-electron chi connectivity index (χ1n) is 14.2. The predicted octanol–water partition coefficient (Wildman–Crippen LogP) is 7.14. The maximum absolute atomic E-state index is 4.72. The lowest BCUT2D eigenvalue weighted by Crippen LogP contribution is -2.17. The lowest BCUT2D eigenvalue weighted by atomic mass is 9.85. The van der Waals surface area contributed by atoms with Crippen molar-refractivity contribution in [3.8, 4) is 11.1 Å². The molecule has 6 heteroatoms. The van der Waals surface area contributed by atoms with Crippen molar-refractivity contribution in [1.29, 1.82) is 0 Å². The van der Waals surface area contributed by atoms with Gasteiger partial charge in [0, 0.05) is 35.9 Å². The third-order valence-corrected chi connectivity index (χ3v) is 8.23. The van der Waals surface area contributed by atoms with Gasteiger partial charge in [-0.25, -0.2) is 0 Å². The number of anilines is 2. The molecular weight excluding hydrogens is 456 g/mol. The van der Waals surface area contributed by atoms with E-state index in [1.54, 1.807) is 0 Å². The number of fused-ring (bicyclic) bond motifs is 1. The van der Waals surface area contributed by atoms with Gasteiger partial charge in [-0.15, -0.1) is 0 Å². The summed E-state index contributed by atoms with van der Waals surface area (Å²) in [5.41, 5.74) is 7.83. The molecule has 1 aliphatic heterocycles. The summed E-state index contributed by atoms with van der Waals surface area (Å²) in [5.74, 6) is 0.949. The van der Waals surface area contributed by atoms with Gasteiger partial charge in [-0.05, 0) is 67.5 Å². The van der Waals surface area contributed by atoms with Crippen LogP contribution in [0.2, 0.25) is 0 Å². The molecule has 37 heavy (non-hydrogen) atoms. The Bertz CT molecular complexity index is 1300. The fourth-order valence-corrected chi connectivity index (χ4v) is 6.03. The van der Waals surface area contributed by atoms with Gasteiger partial charge in [0.1, 0.15) is 0 Å². The normalized spacial score (nSPS) is 16.5. The van der Waals surface area contributed by atoms with Gasteiger partial charge in [-0.2, -0.15) is 5.10 Å². The second kappa shape index (κ2) is 11.3. The number of benzene rings is 1. The Morgan fingerprint density at radius 1 is 0.892 bits per heavy atom. The van der Waals surface area contributed by atoms with Crippen molar-refractivity contribution in [3.63, 3.8) is 0 Å². The van der Waals surface area contributed by atoms with E-state index in [2.05, 4.69) is 61.8 Å². The van der Waals surface area contributed by atoms with E-state index >= 15 is 0 Å². The highest BCUT2D eigenvalue weighted by Crippen LogP contribution is 2.30. The number of aromatic amines is 1. The quantitative estimate of drug-likeness (QED) is 0.259. The van der Waals surface area contributed by atoms with Crippen LogP contribution in [0.1, 0.15) is 69.2 Å². The standard InChI is InChI=1S/C31H38N6/c1-2-7-23(8-3-1)9-6-10-26-12-13-27(20-33-26)34-22-31-29-18-24(11-14-30(29)35-36-31)25-17-28(21-32-19-25)37-15-4-5-16-37/h11-14,17-21,23,34H,1-10,15-16,22H2,(H,35,36). The maximum Gasteiger partial charge on any atom is 0.0924 e. The Labute approximate surface area is 219 Å². The van der Waals surface area contributed by atoms with Crippen LogP contribution in [0.3, 0.4) is 0 Å². The second-order valence-electron chi connectivity index (χ2n) is 10.8. The number of H-pyrrole nitrogens is 1. The van der Waals surface area contributed by atoms with E-state index in [-0.39, 0.29) is 0 Å². The van der Waals surface area contributed by atoms with Crippen molar-refractivity contribution >= 4 is 22.3 Å². The van der Waals surface area contributed by atoms with Crippen molar-refractivity contribution in [3.05, 3.63) is 66.4 Å². The number of nitrogens with one attached hydrogen (secondary N) is 2. The fraction of sp³-hybridized carbons (Fsp3) is 0.452. The fourth-order valence-electron chi connectivity index (χ4n) is 6.03. The minimum atomic E-state index is 0.675. The molecule has 6 rings (SSSR count). The smallest absolute Gasteiger partial charge is 0.0924 e. The van der Waals surface area contributed by atoms with Gasteiger partial charge < -0.3 is 10.2 Å². The van der Waals surface area contributed by atoms with Crippen molar-refractivity contribution in [1.82, 2.24) is 20.2 Å². The highest BCUT2D eigenvalue weighted by atomic mass is 15.1. The van der Waals surface area contributed by atoms with Crippen LogP contribution >= 0.6 is 0 Å². The topological polar surface area (TPSA) is 69.7 Å². The Kier molecular flexibility index (Phi) is 7.33. The van der Waals surface area contributed by atoms with E-state index in [1.807, 2.05) is 18.6 Å². The summed E-state index contributed by atoms with van der Waals surface area (Å²) in [4.78, 5) is 11.7. The Hall–Kier alpha value is -3.41. The lowest BCUT2D eigenvalue weighted by Gasteiger charge is -2.21. The molecule has 1 aromatic carbocycles. The summed E-state index contributed by atoms with van der Waals surface area (Å²) in [5, 5.41) is 12.4. The maximum atomic E-state index is 4.72. The van der Waals surface area contributed by atoms with E-state index in [0.29, 0.717) is 6.54 Å². The number of pyridine rings is 2. The summed E-state index contributed by atoms with van der Waals surface area (Å²) in [7, 11) is 0. The number of nitrogens with zero attached hydrogens (tertiary/aromatic N) is 4. The molecule has 0 atom stereocenters. The van der Waals surface area contributed by atoms with Gasteiger partial charge in [0.25, 0.3) is 0 Å². The summed E-state index contributed by atoms with van der Waals surface area (Å²) in [6.45, 7) is 2.92. The van der Waals surface area contributed by atoms with Gasteiger partial charge in [-0.1, -0.05) is 44.6 Å². The predicted molar refractivity (Wildman–Crippen MR) is 152 cm³/mol. The zero-order valence-corrected chi connectivity index (χ0v) is 21.8. The van der Waals surface area contributed by atoms with Crippen molar-refractivity contribution in [2.75, 3.05) is 23.3 Å². The molecule has 6 nitrogen and oxygen atoms in total. The highest BCUT2D eigenvalue weighted by Gasteiger charge is 2.15. The zero-order valence-electron chi connectivity index (χ0n) is 21.8. The van der Waals surface area contributed by atoms with Crippen LogP contribution in [0, 0.1) is 5.92 Å². The first-order chi connectivity index (χ1) is 18.3. The third-order valence-electron chi connectivity index (χ3n) is 8.23. The minimum absolute atomic E-state index is 0.675. The molecule has 4 heterocycles. The van der Waals surface area contributed by atoms with Gasteiger partial charge in [0.2, 0.25) is 0 Å². The average molecular weight is 495 g/mol. The molecule has 1 saturated carbocycles. The van der Waals surface area contributed by atoms with Gasteiger partial charge in [0.05, 0.1) is 41.5 Å². The first-order valence-corrected chi connectivity index (χ1v) is 14.2. The molecule has 0 spiro atoms. The van der Waals surface area contributed by atoms with Crippen molar-refractivity contribution < 1.29 is 0 Å². The monoisotopic (exact) mass is 494 g/mol. The SMILES string of the molecule is c1cc(CCCC2CCCCC2)ncc1NCc1[nH]nc2ccc(-c3cncc(N4CCCC4)c3)cc12. The summed E-state index contributed by atoms with van der Waals surface area (Å²) >= 11 is 0. The first kappa shape index (κ1) is 24.0. The van der Waals surface area contributed by atoms with Crippen LogP contribution in [0.15, 0.2) is 55.0 Å². The second-order valence-corrected chi connectivity index (χ2v) is 10.8. The van der Waals surface area contributed by atoms with Crippen LogP contribution in [0.4, 0.5) is 11.4 Å². The lowest BCUT2D eigenvalue weighted by molar-refractivity contribution is 0.332. The Balaban J connectivity index is 1.08. The summed E-state index contributed by atoms with van der Waals surface area (Å²) in [6, 6.07) is 13.1. The highest BCUT2D eigenvalue weighted by molar-refractivity contribution is 5.87. The van der Waals surface area contributed by atoms with Gasteiger partial charge in [-0.3, -0.25) is 15.1 Å². The molecule has 2 N–H and O–H groups in total. The largest absolute Gasteiger partial charge is 0.378 e. The summed E-state index contributed by atoms with van der Waals surface area (Å²) in [6.07, 6.45) is 19.3. The molecule has 0 radical (unpaired) electrons. The molecule has 2 fully saturated rings. The number of rotatable bonds is 9. The molecule has 0 unspecified atom stereocenters. The third kappa shape index (κ3) is 5.79. The minimum Gasteiger partial charge on any atom is -0.378 e. The number of hydrogen-bond acceptors (Lipinski definition) is 5. The molecule has 2 aliphatic rings. The molecule has 1 saturated heterocycles. The van der Waals surface area contributed by atoms with E-state index in [9.17, 15) is 0 Å². The van der Waals surface area contributed by atoms with Gasteiger partial charge >= 0.3 is 0 Å². The van der Waals surface area contributed by atoms with Gasteiger partial charge in [0.15, 0.2) is 0 Å². The molecule has 1 aliphatic carbocycles. The molecule has 192 valence electrons. The van der Waals surface area contributed by atoms with Crippen LogP contribution in [0.5, 0.6) is 0 Å². The van der Waals surface area contributed by atoms with Crippen LogP contribution in [0.25, 0.3) is 22.0 Å². The molecule has 0 amide bonds. The number of aryl methyl sites for hydroxylation is 1. The summed E-state index contributed by atoms with van der Waals surface area (Å²) < 4.78 is 0. The molecule has 0 bridgehead atoms. The van der Waals surface area contributed by atoms with Crippen molar-refractivity contribution in [2.24, 2.45) is 5.92 Å². The van der Waals surface area contributed by atoms with Crippen LogP contribution < -0.4 is 10.2 Å². The van der Waals surface area contributed by atoms with Crippen molar-refractivity contribution in [2.45, 2.75) is 70.8 Å². The zero-order chi connectivity index (χ0) is 24.9. The molecule has 4 aromatic rings. The van der Waals surface area contributed by atoms with E-state index in [4.69, 9.17) is 4.98 Å². The Morgan fingerprint density at radius 3 is 2.62 bits per heavy atom. The number of aromatic nitrogens is 4. The van der Waals surface area contributed by atoms with Crippen LogP contribution in [-0.4, -0.2) is 33.3 Å². The molecule has 3 aromatic heterocycles. The number of hydrogen-bond donors (Lipinski definition) is 2.